The largest absolute Gasteiger partial charge is 0.488 e. The number of imide groups is 1. The highest BCUT2D eigenvalue weighted by molar-refractivity contribution is 8.18. The minimum Gasteiger partial charge on any atom is -0.488 e. The molecule has 2 heterocycles. The minimum atomic E-state index is -0.512. The molecule has 3 aromatic rings. The third-order valence-electron chi connectivity index (χ3n) is 6.46. The fraction of sp³-hybridized carbons (Fsp3) is 0.207. The van der Waals surface area contributed by atoms with Crippen molar-refractivity contribution in [1.82, 2.24) is 9.80 Å². The highest BCUT2D eigenvalue weighted by atomic mass is 35.5. The predicted octanol–water partition coefficient (Wildman–Crippen LogP) is 5.96. The zero-order valence-electron chi connectivity index (χ0n) is 20.9. The Morgan fingerprint density at radius 2 is 1.64 bits per heavy atom. The number of anilines is 1. The van der Waals surface area contributed by atoms with Gasteiger partial charge in [-0.2, -0.15) is 0 Å². The van der Waals surface area contributed by atoms with E-state index in [9.17, 15) is 14.4 Å². The Morgan fingerprint density at radius 3 is 2.38 bits per heavy atom. The Morgan fingerprint density at radius 1 is 0.897 bits per heavy atom. The maximum absolute atomic E-state index is 13.1. The summed E-state index contributed by atoms with van der Waals surface area (Å²) in [5, 5.41) is 0.583. The number of para-hydroxylation sites is 1. The van der Waals surface area contributed by atoms with E-state index in [1.807, 2.05) is 42.5 Å². The number of thioether (sulfide) groups is 1. The summed E-state index contributed by atoms with van der Waals surface area (Å²) in [6.45, 7) is 2.39. The Hall–Kier alpha value is -3.46. The summed E-state index contributed by atoms with van der Waals surface area (Å²) in [7, 11) is 0. The molecule has 2 aliphatic rings. The van der Waals surface area contributed by atoms with Crippen LogP contribution in [0.3, 0.4) is 0 Å². The summed E-state index contributed by atoms with van der Waals surface area (Å²) >= 11 is 13.1. The Labute approximate surface area is 240 Å². The quantitative estimate of drug-likeness (QED) is 0.321. The van der Waals surface area contributed by atoms with Gasteiger partial charge in [0.05, 0.1) is 4.91 Å². The predicted molar refractivity (Wildman–Crippen MR) is 155 cm³/mol. The lowest BCUT2D eigenvalue weighted by molar-refractivity contribution is -0.136. The zero-order chi connectivity index (χ0) is 27.4. The number of ether oxygens (including phenoxy) is 1. The van der Waals surface area contributed by atoms with Crippen LogP contribution in [0, 0.1) is 0 Å². The topological polar surface area (TPSA) is 70.2 Å². The molecule has 0 N–H and O–H groups in total. The smallest absolute Gasteiger partial charge is 0.294 e. The van der Waals surface area contributed by atoms with Crippen molar-refractivity contribution in [2.45, 2.75) is 6.61 Å². The first-order chi connectivity index (χ1) is 18.9. The van der Waals surface area contributed by atoms with E-state index in [0.717, 1.165) is 27.9 Å². The van der Waals surface area contributed by atoms with Crippen molar-refractivity contribution in [2.75, 3.05) is 37.6 Å². The van der Waals surface area contributed by atoms with Crippen molar-refractivity contribution >= 4 is 63.8 Å². The van der Waals surface area contributed by atoms with Gasteiger partial charge in [-0.25, -0.2) is 0 Å². The van der Waals surface area contributed by atoms with Crippen LogP contribution in [-0.4, -0.2) is 59.6 Å². The summed E-state index contributed by atoms with van der Waals surface area (Å²) in [4.78, 5) is 43.9. The molecule has 0 radical (unpaired) electrons. The number of rotatable bonds is 7. The average Bonchev–Trinajstić information content (AvgIpc) is 3.20. The Kier molecular flexibility index (Phi) is 8.45. The fourth-order valence-electron chi connectivity index (χ4n) is 4.42. The van der Waals surface area contributed by atoms with Gasteiger partial charge in [-0.05, 0) is 65.9 Å². The molecule has 2 saturated heterocycles. The van der Waals surface area contributed by atoms with Gasteiger partial charge >= 0.3 is 0 Å². The number of carbonyl (C=O) groups is 3. The molecule has 200 valence electrons. The van der Waals surface area contributed by atoms with E-state index in [0.29, 0.717) is 47.5 Å². The lowest BCUT2D eigenvalue weighted by atomic mass is 10.1. The summed E-state index contributed by atoms with van der Waals surface area (Å²) in [5.74, 6) is -0.264. The van der Waals surface area contributed by atoms with Crippen molar-refractivity contribution in [3.05, 3.63) is 98.9 Å². The van der Waals surface area contributed by atoms with Crippen LogP contribution < -0.4 is 9.64 Å². The Balaban J connectivity index is 1.23. The molecule has 0 spiro atoms. The van der Waals surface area contributed by atoms with E-state index in [2.05, 4.69) is 4.90 Å². The molecule has 0 aliphatic carbocycles. The molecule has 2 aliphatic heterocycles. The fourth-order valence-corrected chi connectivity index (χ4v) is 5.64. The van der Waals surface area contributed by atoms with E-state index >= 15 is 0 Å². The van der Waals surface area contributed by atoms with Gasteiger partial charge in [-0.1, -0.05) is 53.5 Å². The second kappa shape index (κ2) is 12.2. The second-order valence-electron chi connectivity index (χ2n) is 9.07. The molecule has 2 fully saturated rings. The van der Waals surface area contributed by atoms with Crippen LogP contribution in [0.4, 0.5) is 10.5 Å². The number of amides is 3. The van der Waals surface area contributed by atoms with Crippen LogP contribution in [0.1, 0.15) is 11.1 Å². The molecule has 10 heteroatoms. The molecule has 0 bridgehead atoms. The highest BCUT2D eigenvalue weighted by Crippen LogP contribution is 2.35. The normalized spacial score (nSPS) is 16.8. The average molecular weight is 583 g/mol. The molecular weight excluding hydrogens is 557 g/mol. The lowest BCUT2D eigenvalue weighted by Crippen LogP contribution is -2.51. The molecule has 5 rings (SSSR count). The number of hydrogen-bond acceptors (Lipinski definition) is 6. The summed E-state index contributed by atoms with van der Waals surface area (Å²) < 4.78 is 5.97. The molecule has 39 heavy (non-hydrogen) atoms. The van der Waals surface area contributed by atoms with Crippen molar-refractivity contribution in [3.8, 4) is 5.75 Å². The number of carbonyl (C=O) groups excluding carboxylic acids is 3. The van der Waals surface area contributed by atoms with Gasteiger partial charge in [0.25, 0.3) is 11.1 Å². The first-order valence-corrected chi connectivity index (χ1v) is 13.9. The number of hydrogen-bond donors (Lipinski definition) is 0. The van der Waals surface area contributed by atoms with Gasteiger partial charge in [0.15, 0.2) is 0 Å². The van der Waals surface area contributed by atoms with E-state index in [1.54, 1.807) is 41.3 Å². The van der Waals surface area contributed by atoms with Crippen LogP contribution in [0.15, 0.2) is 77.7 Å². The van der Waals surface area contributed by atoms with E-state index < -0.39 is 11.1 Å². The third kappa shape index (κ3) is 6.58. The van der Waals surface area contributed by atoms with Crippen molar-refractivity contribution in [2.24, 2.45) is 0 Å². The van der Waals surface area contributed by atoms with Crippen LogP contribution in [0.5, 0.6) is 5.75 Å². The van der Waals surface area contributed by atoms with Gasteiger partial charge in [0, 0.05) is 47.5 Å². The molecule has 0 saturated carbocycles. The number of piperazine rings is 1. The monoisotopic (exact) mass is 581 g/mol. The van der Waals surface area contributed by atoms with Gasteiger partial charge < -0.3 is 14.5 Å². The van der Waals surface area contributed by atoms with E-state index in [-0.39, 0.29) is 24.0 Å². The van der Waals surface area contributed by atoms with Gasteiger partial charge in [0.2, 0.25) is 5.91 Å². The maximum Gasteiger partial charge on any atom is 0.294 e. The molecule has 0 atom stereocenters. The summed E-state index contributed by atoms with van der Waals surface area (Å²) in [6.07, 6.45) is 1.58. The molecule has 3 aromatic carbocycles. The van der Waals surface area contributed by atoms with Crippen molar-refractivity contribution in [1.29, 1.82) is 0 Å². The maximum atomic E-state index is 13.1. The van der Waals surface area contributed by atoms with Crippen molar-refractivity contribution in [3.63, 3.8) is 0 Å². The number of nitrogens with zero attached hydrogens (tertiary/aromatic N) is 3. The molecule has 0 aromatic heterocycles. The Bertz CT molecular complexity index is 1430. The van der Waals surface area contributed by atoms with E-state index in [4.69, 9.17) is 27.9 Å². The molecular formula is C29H25Cl2N3O4S. The van der Waals surface area contributed by atoms with Crippen LogP contribution in [0.25, 0.3) is 6.08 Å². The first kappa shape index (κ1) is 27.1. The molecule has 3 amide bonds. The van der Waals surface area contributed by atoms with Crippen LogP contribution in [0.2, 0.25) is 10.0 Å². The third-order valence-corrected chi connectivity index (χ3v) is 7.84. The minimum absolute atomic E-state index is 0.205. The summed E-state index contributed by atoms with van der Waals surface area (Å²) in [6, 6.07) is 22.4. The molecule has 0 unspecified atom stereocenters. The van der Waals surface area contributed by atoms with Crippen LogP contribution in [-0.2, 0) is 16.2 Å². The SMILES string of the molecule is O=C(CN1C(=O)S/C(=C/c2cc(Cl)ccc2OCc2cccc(Cl)c2)C1=O)N1CCN(c2ccccc2)CC1. The summed E-state index contributed by atoms with van der Waals surface area (Å²) in [5.41, 5.74) is 2.54. The van der Waals surface area contributed by atoms with Gasteiger partial charge in [-0.15, -0.1) is 0 Å². The van der Waals surface area contributed by atoms with E-state index in [1.165, 1.54) is 0 Å². The lowest BCUT2D eigenvalue weighted by Gasteiger charge is -2.36. The second-order valence-corrected chi connectivity index (χ2v) is 10.9. The standard InChI is InChI=1S/C29H25Cl2N3O4S/c30-22-6-4-5-20(15-22)19-38-25-10-9-23(31)16-21(25)17-26-28(36)34(29(37)39-26)18-27(35)33-13-11-32(12-14-33)24-7-2-1-3-8-24/h1-10,15-17H,11-14,18-19H2/b26-17+. The van der Waals surface area contributed by atoms with Crippen molar-refractivity contribution < 1.29 is 19.1 Å². The number of halogens is 2. The highest BCUT2D eigenvalue weighted by Gasteiger charge is 2.37. The van der Waals surface area contributed by atoms with Gasteiger partial charge in [-0.3, -0.25) is 19.3 Å². The van der Waals surface area contributed by atoms with Gasteiger partial charge in [0.1, 0.15) is 18.9 Å². The number of benzene rings is 3. The van der Waals surface area contributed by atoms with Crippen LogP contribution >= 0.6 is 35.0 Å². The first-order valence-electron chi connectivity index (χ1n) is 12.4. The zero-order valence-corrected chi connectivity index (χ0v) is 23.2. The molecule has 7 nitrogen and oxygen atoms in total.